The van der Waals surface area contributed by atoms with Crippen molar-refractivity contribution in [2.75, 3.05) is 14.2 Å². The number of hydrogen-bond donors (Lipinski definition) is 1. The average Bonchev–Trinajstić information content (AvgIpc) is 2.43. The summed E-state index contributed by atoms with van der Waals surface area (Å²) in [7, 11) is 3.39. The third kappa shape index (κ3) is 2.32. The van der Waals surface area contributed by atoms with Crippen molar-refractivity contribution in [3.63, 3.8) is 0 Å². The number of ether oxygens (including phenoxy) is 2. The van der Waals surface area contributed by atoms with Crippen LogP contribution in [0.2, 0.25) is 0 Å². The van der Waals surface area contributed by atoms with Gasteiger partial charge in [-0.1, -0.05) is 32.8 Å². The van der Waals surface area contributed by atoms with Crippen molar-refractivity contribution < 1.29 is 9.47 Å². The monoisotopic (exact) mass is 263 g/mol. The van der Waals surface area contributed by atoms with E-state index in [0.717, 1.165) is 29.9 Å². The fourth-order valence-electron chi connectivity index (χ4n) is 3.36. The lowest BCUT2D eigenvalue weighted by Crippen LogP contribution is -2.48. The predicted molar refractivity (Wildman–Crippen MR) is 77.6 cm³/mol. The molecule has 3 unspecified atom stereocenters. The molecule has 1 aliphatic carbocycles. The number of hydrogen-bond acceptors (Lipinski definition) is 3. The number of methoxy groups -OCH3 is 2. The SMILES string of the molecule is COc1cccc(OC)c1C1(N)CCCC(C)C1C. The first-order valence-corrected chi connectivity index (χ1v) is 7.05. The van der Waals surface area contributed by atoms with Crippen LogP contribution in [0, 0.1) is 11.8 Å². The quantitative estimate of drug-likeness (QED) is 0.910. The molecule has 1 saturated carbocycles. The van der Waals surface area contributed by atoms with Crippen molar-refractivity contribution in [1.82, 2.24) is 0 Å². The zero-order valence-corrected chi connectivity index (χ0v) is 12.4. The third-order valence-corrected chi connectivity index (χ3v) is 4.81. The normalized spacial score (nSPS) is 31.0. The number of nitrogens with two attached hydrogens (primary N) is 1. The van der Waals surface area contributed by atoms with Gasteiger partial charge in [-0.15, -0.1) is 0 Å². The smallest absolute Gasteiger partial charge is 0.127 e. The Balaban J connectivity index is 2.55. The molecule has 0 amide bonds. The van der Waals surface area contributed by atoms with Crippen LogP contribution in [0.4, 0.5) is 0 Å². The lowest BCUT2D eigenvalue weighted by molar-refractivity contribution is 0.137. The minimum Gasteiger partial charge on any atom is -0.496 e. The summed E-state index contributed by atoms with van der Waals surface area (Å²) in [5, 5.41) is 0. The Kier molecular flexibility index (Phi) is 4.04. The summed E-state index contributed by atoms with van der Waals surface area (Å²) in [5.74, 6) is 2.70. The summed E-state index contributed by atoms with van der Waals surface area (Å²) in [4.78, 5) is 0. The summed E-state index contributed by atoms with van der Waals surface area (Å²) >= 11 is 0. The average molecular weight is 263 g/mol. The molecule has 0 radical (unpaired) electrons. The molecule has 1 aromatic rings. The molecule has 19 heavy (non-hydrogen) atoms. The van der Waals surface area contributed by atoms with Gasteiger partial charge in [0.25, 0.3) is 0 Å². The zero-order chi connectivity index (χ0) is 14.0. The number of benzene rings is 1. The molecule has 2 N–H and O–H groups in total. The van der Waals surface area contributed by atoms with E-state index in [4.69, 9.17) is 15.2 Å². The highest BCUT2D eigenvalue weighted by Crippen LogP contribution is 2.48. The highest BCUT2D eigenvalue weighted by Gasteiger charge is 2.43. The van der Waals surface area contributed by atoms with E-state index in [-0.39, 0.29) is 5.54 Å². The van der Waals surface area contributed by atoms with Gasteiger partial charge < -0.3 is 15.2 Å². The van der Waals surface area contributed by atoms with Gasteiger partial charge in [0.1, 0.15) is 11.5 Å². The molecule has 0 heterocycles. The zero-order valence-electron chi connectivity index (χ0n) is 12.4. The van der Waals surface area contributed by atoms with Crippen LogP contribution in [0.15, 0.2) is 18.2 Å². The molecule has 1 fully saturated rings. The summed E-state index contributed by atoms with van der Waals surface area (Å²) in [6.07, 6.45) is 3.38. The molecule has 3 atom stereocenters. The van der Waals surface area contributed by atoms with Gasteiger partial charge in [-0.2, -0.15) is 0 Å². The fourth-order valence-corrected chi connectivity index (χ4v) is 3.36. The molecular formula is C16H25NO2. The van der Waals surface area contributed by atoms with Crippen molar-refractivity contribution in [3.05, 3.63) is 23.8 Å². The maximum absolute atomic E-state index is 6.81. The van der Waals surface area contributed by atoms with E-state index < -0.39 is 0 Å². The number of rotatable bonds is 3. The van der Waals surface area contributed by atoms with E-state index in [1.165, 1.54) is 6.42 Å². The van der Waals surface area contributed by atoms with Gasteiger partial charge in [-0.25, -0.2) is 0 Å². The Morgan fingerprint density at radius 2 is 1.74 bits per heavy atom. The molecule has 0 spiro atoms. The van der Waals surface area contributed by atoms with Gasteiger partial charge >= 0.3 is 0 Å². The molecular weight excluding hydrogens is 238 g/mol. The molecule has 0 aromatic heterocycles. The Hall–Kier alpha value is -1.22. The van der Waals surface area contributed by atoms with Crippen molar-refractivity contribution in [1.29, 1.82) is 0 Å². The topological polar surface area (TPSA) is 44.5 Å². The van der Waals surface area contributed by atoms with Crippen LogP contribution in [0.5, 0.6) is 11.5 Å². The highest BCUT2D eigenvalue weighted by atomic mass is 16.5. The molecule has 0 saturated heterocycles. The lowest BCUT2D eigenvalue weighted by Gasteiger charge is -2.44. The van der Waals surface area contributed by atoms with Crippen molar-refractivity contribution in [2.45, 2.75) is 38.6 Å². The molecule has 1 aliphatic rings. The van der Waals surface area contributed by atoms with Crippen LogP contribution < -0.4 is 15.2 Å². The lowest BCUT2D eigenvalue weighted by atomic mass is 9.65. The van der Waals surface area contributed by atoms with E-state index in [1.807, 2.05) is 18.2 Å². The third-order valence-electron chi connectivity index (χ3n) is 4.81. The van der Waals surface area contributed by atoms with E-state index in [1.54, 1.807) is 14.2 Å². The van der Waals surface area contributed by atoms with Crippen LogP contribution in [0.3, 0.4) is 0 Å². The van der Waals surface area contributed by atoms with Gasteiger partial charge in [0.15, 0.2) is 0 Å². The summed E-state index contributed by atoms with van der Waals surface area (Å²) < 4.78 is 11.1. The molecule has 3 heteroatoms. The van der Waals surface area contributed by atoms with E-state index in [9.17, 15) is 0 Å². The van der Waals surface area contributed by atoms with Crippen molar-refractivity contribution >= 4 is 0 Å². The van der Waals surface area contributed by atoms with Gasteiger partial charge in [-0.05, 0) is 30.4 Å². The van der Waals surface area contributed by atoms with Crippen molar-refractivity contribution in [3.8, 4) is 11.5 Å². The molecule has 3 nitrogen and oxygen atoms in total. The largest absolute Gasteiger partial charge is 0.496 e. The Labute approximate surface area is 116 Å². The van der Waals surface area contributed by atoms with Crippen molar-refractivity contribution in [2.24, 2.45) is 17.6 Å². The standard InChI is InChI=1S/C16H25NO2/c1-11-7-6-10-16(17,12(11)2)15-13(18-3)8-5-9-14(15)19-4/h5,8-9,11-12H,6-7,10,17H2,1-4H3. The summed E-state index contributed by atoms with van der Waals surface area (Å²) in [6.45, 7) is 4.53. The second-order valence-electron chi connectivity index (χ2n) is 5.74. The van der Waals surface area contributed by atoms with Crippen LogP contribution in [0.25, 0.3) is 0 Å². The Morgan fingerprint density at radius 3 is 2.26 bits per heavy atom. The minimum absolute atomic E-state index is 0.365. The van der Waals surface area contributed by atoms with Gasteiger partial charge in [-0.3, -0.25) is 0 Å². The van der Waals surface area contributed by atoms with Crippen LogP contribution in [0.1, 0.15) is 38.7 Å². The summed E-state index contributed by atoms with van der Waals surface area (Å²) in [5.41, 5.74) is 7.47. The van der Waals surface area contributed by atoms with Gasteiger partial charge in [0.2, 0.25) is 0 Å². The maximum Gasteiger partial charge on any atom is 0.127 e. The van der Waals surface area contributed by atoms with Crippen LogP contribution >= 0.6 is 0 Å². The Morgan fingerprint density at radius 1 is 1.16 bits per heavy atom. The first-order valence-electron chi connectivity index (χ1n) is 7.05. The van der Waals surface area contributed by atoms with Crippen LogP contribution in [-0.2, 0) is 5.54 Å². The maximum atomic E-state index is 6.81. The second-order valence-corrected chi connectivity index (χ2v) is 5.74. The van der Waals surface area contributed by atoms with E-state index in [0.29, 0.717) is 11.8 Å². The molecule has 0 bridgehead atoms. The molecule has 1 aromatic carbocycles. The van der Waals surface area contributed by atoms with E-state index >= 15 is 0 Å². The summed E-state index contributed by atoms with van der Waals surface area (Å²) in [6, 6.07) is 5.89. The fraction of sp³-hybridized carbons (Fsp3) is 0.625. The molecule has 0 aliphatic heterocycles. The highest BCUT2D eigenvalue weighted by molar-refractivity contribution is 5.50. The van der Waals surface area contributed by atoms with E-state index in [2.05, 4.69) is 13.8 Å². The second kappa shape index (κ2) is 5.41. The first kappa shape index (κ1) is 14.2. The van der Waals surface area contributed by atoms with Crippen LogP contribution in [-0.4, -0.2) is 14.2 Å². The predicted octanol–water partition coefficient (Wildman–Crippen LogP) is 3.31. The molecule has 106 valence electrons. The van der Waals surface area contributed by atoms with Gasteiger partial charge in [0.05, 0.1) is 25.3 Å². The minimum atomic E-state index is -0.365. The van der Waals surface area contributed by atoms with Gasteiger partial charge in [0, 0.05) is 0 Å². The first-order chi connectivity index (χ1) is 9.04. The Bertz CT molecular complexity index is 424. The molecule has 2 rings (SSSR count).